The zero-order chi connectivity index (χ0) is 22.4. The average Bonchev–Trinajstić information content (AvgIpc) is 3.27. The first-order valence-electron chi connectivity index (χ1n) is 10.0. The molecule has 3 aromatic carbocycles. The van der Waals surface area contributed by atoms with Crippen molar-refractivity contribution in [1.29, 1.82) is 0 Å². The van der Waals surface area contributed by atoms with E-state index in [2.05, 4.69) is 10.0 Å². The summed E-state index contributed by atoms with van der Waals surface area (Å²) in [4.78, 5) is 12.3. The maximum atomic E-state index is 12.5. The minimum atomic E-state index is -3.63. The van der Waals surface area contributed by atoms with Crippen LogP contribution in [0, 0.1) is 0 Å². The SMILES string of the molecule is O=C(C=Cc1ccc2c(c1)OCO2)Nc1ccc(S(=O)(=O)NCCc2ccccc2)cc1. The molecule has 8 heteroatoms. The molecule has 0 atom stereocenters. The molecule has 0 aromatic heterocycles. The van der Waals surface area contributed by atoms with Crippen molar-refractivity contribution in [2.24, 2.45) is 0 Å². The van der Waals surface area contributed by atoms with E-state index in [1.165, 1.54) is 18.2 Å². The van der Waals surface area contributed by atoms with Crippen molar-refractivity contribution in [3.05, 3.63) is 90.0 Å². The van der Waals surface area contributed by atoms with E-state index < -0.39 is 10.0 Å². The molecule has 0 aliphatic carbocycles. The van der Waals surface area contributed by atoms with Crippen molar-refractivity contribution < 1.29 is 22.7 Å². The fourth-order valence-corrected chi connectivity index (χ4v) is 4.18. The molecule has 0 saturated heterocycles. The lowest BCUT2D eigenvalue weighted by molar-refractivity contribution is -0.111. The number of fused-ring (bicyclic) bond motifs is 1. The Hall–Kier alpha value is -3.62. The number of benzene rings is 3. The molecule has 0 radical (unpaired) electrons. The lowest BCUT2D eigenvalue weighted by atomic mass is 10.2. The third-order valence-corrected chi connectivity index (χ3v) is 6.28. The van der Waals surface area contributed by atoms with Gasteiger partial charge in [-0.25, -0.2) is 13.1 Å². The van der Waals surface area contributed by atoms with Crippen LogP contribution in [0.4, 0.5) is 5.69 Å². The molecule has 1 aliphatic rings. The van der Waals surface area contributed by atoms with Gasteiger partial charge in [-0.3, -0.25) is 4.79 Å². The molecule has 1 amide bonds. The van der Waals surface area contributed by atoms with Gasteiger partial charge in [0.25, 0.3) is 0 Å². The van der Waals surface area contributed by atoms with E-state index in [1.54, 1.807) is 30.3 Å². The summed E-state index contributed by atoms with van der Waals surface area (Å²) in [6.45, 7) is 0.493. The van der Waals surface area contributed by atoms with Gasteiger partial charge < -0.3 is 14.8 Å². The number of hydrogen-bond acceptors (Lipinski definition) is 5. The van der Waals surface area contributed by atoms with Gasteiger partial charge in [-0.15, -0.1) is 0 Å². The molecule has 32 heavy (non-hydrogen) atoms. The summed E-state index contributed by atoms with van der Waals surface area (Å²) in [6, 6.07) is 21.1. The maximum absolute atomic E-state index is 12.5. The molecule has 0 fully saturated rings. The highest BCUT2D eigenvalue weighted by Gasteiger charge is 2.14. The van der Waals surface area contributed by atoms with Crippen LogP contribution in [0.25, 0.3) is 6.08 Å². The minimum Gasteiger partial charge on any atom is -0.454 e. The van der Waals surface area contributed by atoms with Crippen LogP contribution in [-0.2, 0) is 21.2 Å². The minimum absolute atomic E-state index is 0.138. The number of amides is 1. The van der Waals surface area contributed by atoms with Gasteiger partial charge >= 0.3 is 0 Å². The second kappa shape index (κ2) is 9.67. The predicted octanol–water partition coefficient (Wildman–Crippen LogP) is 3.59. The molecule has 1 heterocycles. The van der Waals surface area contributed by atoms with Crippen molar-refractivity contribution in [1.82, 2.24) is 4.72 Å². The van der Waals surface area contributed by atoms with Gasteiger partial charge in [0.15, 0.2) is 11.5 Å². The topological polar surface area (TPSA) is 93.7 Å². The van der Waals surface area contributed by atoms with Crippen LogP contribution in [0.3, 0.4) is 0 Å². The van der Waals surface area contributed by atoms with Crippen molar-refractivity contribution in [3.8, 4) is 11.5 Å². The normalized spacial score (nSPS) is 12.8. The van der Waals surface area contributed by atoms with Crippen molar-refractivity contribution in [2.45, 2.75) is 11.3 Å². The van der Waals surface area contributed by atoms with E-state index in [1.807, 2.05) is 36.4 Å². The number of anilines is 1. The number of hydrogen-bond donors (Lipinski definition) is 2. The third-order valence-electron chi connectivity index (χ3n) is 4.80. The van der Waals surface area contributed by atoms with E-state index in [0.29, 0.717) is 30.2 Å². The summed E-state index contributed by atoms with van der Waals surface area (Å²) >= 11 is 0. The molecule has 3 aromatic rings. The van der Waals surface area contributed by atoms with Crippen LogP contribution < -0.4 is 19.5 Å². The average molecular weight is 451 g/mol. The monoisotopic (exact) mass is 450 g/mol. The standard InChI is InChI=1S/C24H22N2O5S/c27-24(13-7-19-6-12-22-23(16-19)31-17-30-22)26-20-8-10-21(11-9-20)32(28,29)25-15-14-18-4-2-1-3-5-18/h1-13,16,25H,14-15,17H2,(H,26,27). The van der Waals surface area contributed by atoms with Gasteiger partial charge in [0, 0.05) is 18.3 Å². The van der Waals surface area contributed by atoms with E-state index in [-0.39, 0.29) is 17.6 Å². The number of nitrogens with one attached hydrogen (secondary N) is 2. The lowest BCUT2D eigenvalue weighted by Gasteiger charge is -2.08. The van der Waals surface area contributed by atoms with Gasteiger partial charge in [-0.05, 0) is 60.0 Å². The number of sulfonamides is 1. The molecule has 1 aliphatic heterocycles. The van der Waals surface area contributed by atoms with Gasteiger partial charge in [0.2, 0.25) is 22.7 Å². The Bertz CT molecular complexity index is 1220. The molecular weight excluding hydrogens is 428 g/mol. The Labute approximate surface area is 186 Å². The van der Waals surface area contributed by atoms with Crippen molar-refractivity contribution in [3.63, 3.8) is 0 Å². The maximum Gasteiger partial charge on any atom is 0.248 e. The van der Waals surface area contributed by atoms with Crippen molar-refractivity contribution in [2.75, 3.05) is 18.7 Å². The molecule has 4 rings (SSSR count). The van der Waals surface area contributed by atoms with E-state index in [9.17, 15) is 13.2 Å². The Kier molecular flexibility index (Phi) is 6.53. The van der Waals surface area contributed by atoms with Crippen LogP contribution in [0.1, 0.15) is 11.1 Å². The number of ether oxygens (including phenoxy) is 2. The molecule has 0 bridgehead atoms. The van der Waals surface area contributed by atoms with Gasteiger partial charge in [-0.1, -0.05) is 36.4 Å². The Morgan fingerprint density at radius 3 is 2.47 bits per heavy atom. The Balaban J connectivity index is 1.31. The van der Waals surface area contributed by atoms with Gasteiger partial charge in [0.1, 0.15) is 0 Å². The first-order chi connectivity index (χ1) is 15.5. The molecule has 164 valence electrons. The zero-order valence-corrected chi connectivity index (χ0v) is 18.0. The number of carbonyl (C=O) groups excluding carboxylic acids is 1. The summed E-state index contributed by atoms with van der Waals surface area (Å²) in [7, 11) is -3.63. The predicted molar refractivity (Wildman–Crippen MR) is 122 cm³/mol. The van der Waals surface area contributed by atoms with Crippen LogP contribution in [0.2, 0.25) is 0 Å². The van der Waals surface area contributed by atoms with Crippen LogP contribution in [0.5, 0.6) is 11.5 Å². The number of rotatable bonds is 8. The highest BCUT2D eigenvalue weighted by Crippen LogP contribution is 2.32. The first kappa shape index (κ1) is 21.6. The quantitative estimate of drug-likeness (QED) is 0.512. The fraction of sp³-hybridized carbons (Fsp3) is 0.125. The van der Waals surface area contributed by atoms with E-state index in [4.69, 9.17) is 9.47 Å². The second-order valence-electron chi connectivity index (χ2n) is 7.09. The van der Waals surface area contributed by atoms with E-state index in [0.717, 1.165) is 11.1 Å². The zero-order valence-electron chi connectivity index (χ0n) is 17.2. The smallest absolute Gasteiger partial charge is 0.248 e. The summed E-state index contributed by atoms with van der Waals surface area (Å²) in [5.74, 6) is 0.984. The molecule has 0 unspecified atom stereocenters. The third kappa shape index (κ3) is 5.54. The Morgan fingerprint density at radius 2 is 1.69 bits per heavy atom. The molecular formula is C24H22N2O5S. The highest BCUT2D eigenvalue weighted by atomic mass is 32.2. The molecule has 0 spiro atoms. The van der Waals surface area contributed by atoms with Crippen LogP contribution in [-0.4, -0.2) is 27.7 Å². The fourth-order valence-electron chi connectivity index (χ4n) is 3.15. The highest BCUT2D eigenvalue weighted by molar-refractivity contribution is 7.89. The van der Waals surface area contributed by atoms with Crippen LogP contribution >= 0.6 is 0 Å². The molecule has 7 nitrogen and oxygen atoms in total. The Morgan fingerprint density at radius 1 is 0.938 bits per heavy atom. The van der Waals surface area contributed by atoms with E-state index >= 15 is 0 Å². The summed E-state index contributed by atoms with van der Waals surface area (Å²) in [5, 5.41) is 2.71. The number of carbonyl (C=O) groups is 1. The summed E-state index contributed by atoms with van der Waals surface area (Å²) in [5.41, 5.74) is 2.35. The van der Waals surface area contributed by atoms with Gasteiger partial charge in [0.05, 0.1) is 4.90 Å². The van der Waals surface area contributed by atoms with Gasteiger partial charge in [-0.2, -0.15) is 0 Å². The largest absolute Gasteiger partial charge is 0.454 e. The van der Waals surface area contributed by atoms with Crippen molar-refractivity contribution >= 4 is 27.7 Å². The second-order valence-corrected chi connectivity index (χ2v) is 8.86. The summed E-state index contributed by atoms with van der Waals surface area (Å²) < 4.78 is 38.1. The summed E-state index contributed by atoms with van der Waals surface area (Å²) in [6.07, 6.45) is 3.66. The first-order valence-corrected chi connectivity index (χ1v) is 11.5. The van der Waals surface area contributed by atoms with Crippen LogP contribution in [0.15, 0.2) is 83.8 Å². The molecule has 2 N–H and O–H groups in total. The molecule has 0 saturated carbocycles. The lowest BCUT2D eigenvalue weighted by Crippen LogP contribution is -2.26.